The first-order valence-corrected chi connectivity index (χ1v) is 11.7. The van der Waals surface area contributed by atoms with E-state index in [1.165, 1.54) is 27.6 Å². The number of nitrogens with zero attached hydrogens (tertiary/aromatic N) is 6. The number of aromatic nitrogens is 4. The Morgan fingerprint density at radius 2 is 2.03 bits per heavy atom. The Morgan fingerprint density at radius 1 is 1.26 bits per heavy atom. The van der Waals surface area contributed by atoms with Crippen molar-refractivity contribution in [3.63, 3.8) is 0 Å². The summed E-state index contributed by atoms with van der Waals surface area (Å²) in [7, 11) is -1.88. The smallest absolute Gasteiger partial charge is 0.246 e. The van der Waals surface area contributed by atoms with Gasteiger partial charge in [-0.25, -0.2) is 13.4 Å². The van der Waals surface area contributed by atoms with Crippen LogP contribution < -0.4 is 10.1 Å². The highest BCUT2D eigenvalue weighted by Crippen LogP contribution is 2.27. The molecule has 2 N–H and O–H groups in total. The van der Waals surface area contributed by atoms with Crippen molar-refractivity contribution in [2.45, 2.75) is 55.2 Å². The maximum Gasteiger partial charge on any atom is 0.246 e. The zero-order valence-corrected chi connectivity index (χ0v) is 18.0. The third-order valence-electron chi connectivity index (χ3n) is 5.66. The van der Waals surface area contributed by atoms with E-state index >= 15 is 0 Å². The van der Waals surface area contributed by atoms with E-state index in [4.69, 9.17) is 4.74 Å². The summed E-state index contributed by atoms with van der Waals surface area (Å²) in [6, 6.07) is 2.00. The highest BCUT2D eigenvalue weighted by atomic mass is 32.2. The number of hydrogen-bond donors (Lipinski definition) is 2. The summed E-state index contributed by atoms with van der Waals surface area (Å²) < 4.78 is 34.2. The molecule has 11 nitrogen and oxygen atoms in total. The van der Waals surface area contributed by atoms with Crippen LogP contribution in [-0.2, 0) is 17.1 Å². The second kappa shape index (κ2) is 8.78. The van der Waals surface area contributed by atoms with Gasteiger partial charge >= 0.3 is 0 Å². The van der Waals surface area contributed by atoms with Gasteiger partial charge in [-0.15, -0.1) is 0 Å². The zero-order chi connectivity index (χ0) is 22.0. The minimum atomic E-state index is -3.56. The van der Waals surface area contributed by atoms with Gasteiger partial charge in [-0.05, 0) is 32.1 Å². The Morgan fingerprint density at radius 3 is 2.65 bits per heavy atom. The fourth-order valence-electron chi connectivity index (χ4n) is 3.89. The van der Waals surface area contributed by atoms with Crippen molar-refractivity contribution in [2.75, 3.05) is 18.4 Å². The van der Waals surface area contributed by atoms with Crippen molar-refractivity contribution in [2.24, 2.45) is 7.05 Å². The van der Waals surface area contributed by atoms with E-state index in [9.17, 15) is 18.8 Å². The molecule has 1 saturated heterocycles. The summed E-state index contributed by atoms with van der Waals surface area (Å²) in [6.45, 7) is 0.728. The molecule has 1 aliphatic carbocycles. The third-order valence-corrected chi connectivity index (χ3v) is 7.51. The molecule has 1 saturated carbocycles. The van der Waals surface area contributed by atoms with Crippen LogP contribution in [0.4, 0.5) is 5.95 Å². The Balaban J connectivity index is 1.39. The normalized spacial score (nSPS) is 22.9. The van der Waals surface area contributed by atoms with Crippen molar-refractivity contribution in [3.05, 3.63) is 24.2 Å². The van der Waals surface area contributed by atoms with Gasteiger partial charge in [-0.1, -0.05) is 0 Å². The van der Waals surface area contributed by atoms with E-state index in [-0.39, 0.29) is 28.5 Å². The highest BCUT2D eigenvalue weighted by molar-refractivity contribution is 7.89. The fraction of sp³-hybridized carbons (Fsp3) is 0.579. The molecule has 3 heterocycles. The lowest BCUT2D eigenvalue weighted by atomic mass is 10.1. The number of aliphatic hydroxyl groups excluding tert-OH is 1. The van der Waals surface area contributed by atoms with Gasteiger partial charge in [0.25, 0.3) is 0 Å². The molecule has 0 bridgehead atoms. The van der Waals surface area contributed by atoms with E-state index in [0.29, 0.717) is 44.7 Å². The first kappa shape index (κ1) is 21.5. The molecule has 166 valence electrons. The number of aliphatic hydroxyl groups is 1. The van der Waals surface area contributed by atoms with E-state index in [0.717, 1.165) is 6.42 Å². The molecular formula is C19H25N7O4S. The van der Waals surface area contributed by atoms with Crippen LogP contribution >= 0.6 is 0 Å². The summed E-state index contributed by atoms with van der Waals surface area (Å²) in [5, 5.41) is 26.5. The van der Waals surface area contributed by atoms with Crippen molar-refractivity contribution in [1.29, 1.82) is 5.26 Å². The summed E-state index contributed by atoms with van der Waals surface area (Å²) in [6.07, 6.45) is 6.71. The first-order chi connectivity index (χ1) is 14.9. The highest BCUT2D eigenvalue weighted by Gasteiger charge is 2.31. The monoisotopic (exact) mass is 447 g/mol. The molecule has 31 heavy (non-hydrogen) atoms. The molecule has 4 rings (SSSR count). The fourth-order valence-corrected chi connectivity index (χ4v) is 5.35. The molecular weight excluding hydrogens is 422 g/mol. The molecule has 0 spiro atoms. The number of aryl methyl sites for hydroxylation is 1. The zero-order valence-electron chi connectivity index (χ0n) is 17.2. The number of rotatable bonds is 6. The number of piperidine rings is 1. The van der Waals surface area contributed by atoms with Gasteiger partial charge in [0.2, 0.25) is 21.9 Å². The predicted octanol–water partition coefficient (Wildman–Crippen LogP) is 0.639. The molecule has 2 atom stereocenters. The van der Waals surface area contributed by atoms with Crippen LogP contribution in [0.5, 0.6) is 5.88 Å². The topological polar surface area (TPSA) is 146 Å². The largest absolute Gasteiger partial charge is 0.471 e. The lowest BCUT2D eigenvalue weighted by molar-refractivity contribution is 0.0572. The van der Waals surface area contributed by atoms with Gasteiger partial charge < -0.3 is 15.2 Å². The van der Waals surface area contributed by atoms with Crippen molar-refractivity contribution in [1.82, 2.24) is 24.1 Å². The van der Waals surface area contributed by atoms with Gasteiger partial charge in [0.15, 0.2) is 0 Å². The quantitative estimate of drug-likeness (QED) is 0.651. The maximum atomic E-state index is 12.7. The van der Waals surface area contributed by atoms with Gasteiger partial charge in [0.05, 0.1) is 18.5 Å². The number of anilines is 1. The Kier molecular flexibility index (Phi) is 6.08. The van der Waals surface area contributed by atoms with Gasteiger partial charge in [-0.3, -0.25) is 4.68 Å². The van der Waals surface area contributed by atoms with Crippen molar-refractivity contribution < 1.29 is 18.3 Å². The molecule has 2 aromatic rings. The van der Waals surface area contributed by atoms with Crippen molar-refractivity contribution >= 4 is 16.0 Å². The number of nitrogens with one attached hydrogen (secondary N) is 1. The molecule has 2 fully saturated rings. The average Bonchev–Trinajstić information content (AvgIpc) is 3.37. The average molecular weight is 448 g/mol. The molecule has 12 heteroatoms. The van der Waals surface area contributed by atoms with Crippen LogP contribution in [0, 0.1) is 11.3 Å². The molecule has 0 amide bonds. The third kappa shape index (κ3) is 4.63. The predicted molar refractivity (Wildman–Crippen MR) is 110 cm³/mol. The maximum absolute atomic E-state index is 12.7. The second-order valence-electron chi connectivity index (χ2n) is 7.85. The van der Waals surface area contributed by atoms with E-state index in [1.54, 1.807) is 7.05 Å². The Bertz CT molecular complexity index is 1070. The van der Waals surface area contributed by atoms with Gasteiger partial charge in [0, 0.05) is 32.4 Å². The van der Waals surface area contributed by atoms with Gasteiger partial charge in [0.1, 0.15) is 22.6 Å². The van der Waals surface area contributed by atoms with Gasteiger partial charge in [-0.2, -0.15) is 19.6 Å². The summed E-state index contributed by atoms with van der Waals surface area (Å²) in [4.78, 5) is 8.71. The summed E-state index contributed by atoms with van der Waals surface area (Å²) >= 11 is 0. The van der Waals surface area contributed by atoms with Crippen molar-refractivity contribution in [3.8, 4) is 11.9 Å². The summed E-state index contributed by atoms with van der Waals surface area (Å²) in [5.74, 6) is 0.470. The molecule has 0 aromatic carbocycles. The Labute approximate surface area is 180 Å². The standard InChI is InChI=1S/C19H25N7O4S/c1-25-12-15(11-22-25)31(28,29)26-7-5-14(6-8-26)23-19-21-10-13(9-20)18(24-19)30-17-4-2-3-16(17)27/h10-12,14,16-17,27H,2-8H2,1H3,(H,21,23,24)/t16-,17+/m0/s1. The molecule has 1 aliphatic heterocycles. The van der Waals surface area contributed by atoms with Crippen LogP contribution in [0.25, 0.3) is 0 Å². The molecule has 2 aliphatic rings. The van der Waals surface area contributed by atoms with Crippen LogP contribution in [0.15, 0.2) is 23.5 Å². The minimum Gasteiger partial charge on any atom is -0.471 e. The molecule has 0 radical (unpaired) electrons. The molecule has 0 unspecified atom stereocenters. The Hall–Kier alpha value is -2.75. The SMILES string of the molecule is Cn1cc(S(=O)(=O)N2CCC(Nc3ncc(C#N)c(O[C@@H]4CCC[C@@H]4O)n3)CC2)cn1. The van der Waals surface area contributed by atoms with Crippen LogP contribution in [0.3, 0.4) is 0 Å². The van der Waals surface area contributed by atoms with Crippen LogP contribution in [0.1, 0.15) is 37.7 Å². The first-order valence-electron chi connectivity index (χ1n) is 10.2. The lowest BCUT2D eigenvalue weighted by Crippen LogP contribution is -2.42. The number of nitriles is 1. The van der Waals surface area contributed by atoms with E-state index in [2.05, 4.69) is 20.4 Å². The molecule has 2 aromatic heterocycles. The summed E-state index contributed by atoms with van der Waals surface area (Å²) in [5.41, 5.74) is 0.210. The second-order valence-corrected chi connectivity index (χ2v) is 9.79. The minimum absolute atomic E-state index is 0.0156. The van der Waals surface area contributed by atoms with E-state index < -0.39 is 16.1 Å². The van der Waals surface area contributed by atoms with E-state index in [1.807, 2.05) is 6.07 Å². The number of ether oxygens (including phenoxy) is 1. The van der Waals surface area contributed by atoms with Crippen LogP contribution in [-0.4, -0.2) is 68.9 Å². The van der Waals surface area contributed by atoms with Crippen LogP contribution in [0.2, 0.25) is 0 Å². The number of hydrogen-bond acceptors (Lipinski definition) is 9. The lowest BCUT2D eigenvalue weighted by Gasteiger charge is -2.31. The number of sulfonamides is 1.